The number of ether oxygens (including phenoxy) is 1. The lowest BCUT2D eigenvalue weighted by Crippen LogP contribution is -2.47. The highest BCUT2D eigenvalue weighted by atomic mass is 35.5. The van der Waals surface area contributed by atoms with Crippen LogP contribution < -0.4 is 14.4 Å². The summed E-state index contributed by atoms with van der Waals surface area (Å²) in [7, 11) is -2.35. The molecule has 0 aromatic heterocycles. The summed E-state index contributed by atoms with van der Waals surface area (Å²) in [6.07, 6.45) is 1.24. The van der Waals surface area contributed by atoms with Crippen molar-refractivity contribution in [2.45, 2.75) is 26.3 Å². The lowest BCUT2D eigenvalue weighted by molar-refractivity contribution is -0.117. The number of benzene rings is 2. The van der Waals surface area contributed by atoms with Gasteiger partial charge >= 0.3 is 0 Å². The number of nitrogens with one attached hydrogen (secondary N) is 1. The van der Waals surface area contributed by atoms with E-state index in [0.717, 1.165) is 10.6 Å². The number of carbonyl (C=O) groups is 2. The van der Waals surface area contributed by atoms with Gasteiger partial charge in [-0.15, -0.1) is 0 Å². The number of sulfonamides is 1. The molecule has 7 nitrogen and oxygen atoms in total. The molecule has 156 valence electrons. The molecule has 0 aliphatic heterocycles. The number of Topliss-reactive ketones (excluding diaryl/α,β-unsaturated/α-hetero) is 1. The Hall–Kier alpha value is -2.58. The Kier molecular flexibility index (Phi) is 7.26. The lowest BCUT2D eigenvalue weighted by atomic mass is 10.1. The zero-order valence-corrected chi connectivity index (χ0v) is 18.2. The van der Waals surface area contributed by atoms with Crippen molar-refractivity contribution in [3.63, 3.8) is 0 Å². The first-order valence-corrected chi connectivity index (χ1v) is 11.1. The molecule has 0 saturated heterocycles. The second kappa shape index (κ2) is 9.28. The van der Waals surface area contributed by atoms with Crippen molar-refractivity contribution in [3.8, 4) is 5.75 Å². The number of hydrogen-bond acceptors (Lipinski definition) is 5. The molecular weight excluding hydrogens is 416 g/mol. The fourth-order valence-corrected chi connectivity index (χ4v) is 4.35. The number of anilines is 2. The molecule has 0 bridgehead atoms. The van der Waals surface area contributed by atoms with Gasteiger partial charge in [0.05, 0.1) is 24.1 Å². The molecule has 29 heavy (non-hydrogen) atoms. The molecule has 0 aliphatic carbocycles. The zero-order chi connectivity index (χ0) is 21.8. The monoisotopic (exact) mass is 438 g/mol. The van der Waals surface area contributed by atoms with E-state index in [0.29, 0.717) is 17.0 Å². The van der Waals surface area contributed by atoms with Gasteiger partial charge in [0.2, 0.25) is 15.9 Å². The van der Waals surface area contributed by atoms with E-state index in [1.165, 1.54) is 32.2 Å². The van der Waals surface area contributed by atoms with Crippen molar-refractivity contribution in [2.75, 3.05) is 23.0 Å². The molecular formula is C20H23ClN2O5S. The summed E-state index contributed by atoms with van der Waals surface area (Å²) in [6.45, 7) is 3.13. The van der Waals surface area contributed by atoms with Crippen LogP contribution in [-0.2, 0) is 14.8 Å². The molecule has 0 unspecified atom stereocenters. The number of halogens is 1. The first-order chi connectivity index (χ1) is 13.6. The standard InChI is InChI=1S/C20H23ClN2O5S/c1-5-18(20(25)22-15-8-6-7-14(11-15)13(2)24)23(29(4,26)27)16-9-10-19(28-3)17(21)12-16/h6-12,18H,5H2,1-4H3,(H,22,25)/t18-/m0/s1. The van der Waals surface area contributed by atoms with E-state index in [9.17, 15) is 18.0 Å². The van der Waals surface area contributed by atoms with Gasteiger partial charge < -0.3 is 10.1 Å². The fourth-order valence-electron chi connectivity index (χ4n) is 2.89. The molecule has 1 amide bonds. The second-order valence-electron chi connectivity index (χ2n) is 6.43. The van der Waals surface area contributed by atoms with Crippen molar-refractivity contribution in [1.82, 2.24) is 0 Å². The van der Waals surface area contributed by atoms with Gasteiger partial charge in [0.25, 0.3) is 0 Å². The molecule has 2 aromatic carbocycles. The average molecular weight is 439 g/mol. The van der Waals surface area contributed by atoms with Gasteiger partial charge in [-0.25, -0.2) is 8.42 Å². The van der Waals surface area contributed by atoms with Gasteiger partial charge in [0.1, 0.15) is 11.8 Å². The molecule has 2 aromatic rings. The molecule has 0 fully saturated rings. The van der Waals surface area contributed by atoms with Crippen molar-refractivity contribution in [1.29, 1.82) is 0 Å². The first kappa shape index (κ1) is 22.7. The quantitative estimate of drug-likeness (QED) is 0.634. The number of methoxy groups -OCH3 is 1. The van der Waals surface area contributed by atoms with Crippen LogP contribution in [0.3, 0.4) is 0 Å². The van der Waals surface area contributed by atoms with Crippen molar-refractivity contribution in [3.05, 3.63) is 53.1 Å². The van der Waals surface area contributed by atoms with Gasteiger partial charge in [0.15, 0.2) is 5.78 Å². The van der Waals surface area contributed by atoms with E-state index in [-0.39, 0.29) is 22.9 Å². The van der Waals surface area contributed by atoms with Crippen LogP contribution in [0.1, 0.15) is 30.6 Å². The lowest BCUT2D eigenvalue weighted by Gasteiger charge is -2.30. The van der Waals surface area contributed by atoms with Crippen LogP contribution in [0.25, 0.3) is 0 Å². The molecule has 1 N–H and O–H groups in total. The number of amides is 1. The van der Waals surface area contributed by atoms with E-state index < -0.39 is 22.0 Å². The van der Waals surface area contributed by atoms with E-state index in [1.54, 1.807) is 31.2 Å². The fraction of sp³-hybridized carbons (Fsp3) is 0.300. The largest absolute Gasteiger partial charge is 0.495 e. The number of hydrogen-bond donors (Lipinski definition) is 1. The van der Waals surface area contributed by atoms with Crippen LogP contribution in [0.2, 0.25) is 5.02 Å². The topological polar surface area (TPSA) is 92.8 Å². The minimum absolute atomic E-state index is 0.140. The highest BCUT2D eigenvalue weighted by Gasteiger charge is 2.32. The average Bonchev–Trinajstić information content (AvgIpc) is 2.65. The van der Waals surface area contributed by atoms with Gasteiger partial charge in [-0.3, -0.25) is 13.9 Å². The summed E-state index contributed by atoms with van der Waals surface area (Å²) in [5.74, 6) is -0.272. The van der Waals surface area contributed by atoms with Crippen LogP contribution >= 0.6 is 11.6 Å². The Morgan fingerprint density at radius 3 is 2.41 bits per heavy atom. The molecule has 1 atom stereocenters. The minimum Gasteiger partial charge on any atom is -0.495 e. The Morgan fingerprint density at radius 2 is 1.90 bits per heavy atom. The minimum atomic E-state index is -3.81. The predicted octanol–water partition coefficient (Wildman–Crippen LogP) is 3.73. The van der Waals surface area contributed by atoms with Gasteiger partial charge in [0, 0.05) is 11.3 Å². The van der Waals surface area contributed by atoms with Crippen LogP contribution in [0.4, 0.5) is 11.4 Å². The summed E-state index contributed by atoms with van der Waals surface area (Å²) in [5.41, 5.74) is 1.10. The summed E-state index contributed by atoms with van der Waals surface area (Å²) in [4.78, 5) is 24.5. The van der Waals surface area contributed by atoms with Crippen molar-refractivity contribution in [2.24, 2.45) is 0 Å². The zero-order valence-electron chi connectivity index (χ0n) is 16.6. The van der Waals surface area contributed by atoms with E-state index in [4.69, 9.17) is 16.3 Å². The summed E-state index contributed by atoms with van der Waals surface area (Å²) in [6, 6.07) is 9.94. The van der Waals surface area contributed by atoms with E-state index >= 15 is 0 Å². The second-order valence-corrected chi connectivity index (χ2v) is 8.69. The van der Waals surface area contributed by atoms with Gasteiger partial charge in [-0.2, -0.15) is 0 Å². The molecule has 0 heterocycles. The van der Waals surface area contributed by atoms with Crippen molar-refractivity contribution >= 4 is 44.7 Å². The number of ketones is 1. The van der Waals surface area contributed by atoms with Crippen LogP contribution in [0.5, 0.6) is 5.75 Å². The Morgan fingerprint density at radius 1 is 1.21 bits per heavy atom. The maximum atomic E-state index is 12.9. The third kappa shape index (κ3) is 5.48. The maximum absolute atomic E-state index is 12.9. The Labute approximate surface area is 175 Å². The van der Waals surface area contributed by atoms with Crippen LogP contribution in [0, 0.1) is 0 Å². The van der Waals surface area contributed by atoms with Crippen LogP contribution in [-0.4, -0.2) is 39.5 Å². The SMILES string of the molecule is CC[C@@H](C(=O)Nc1cccc(C(C)=O)c1)N(c1ccc(OC)c(Cl)c1)S(C)(=O)=O. The molecule has 9 heteroatoms. The van der Waals surface area contributed by atoms with Crippen LogP contribution in [0.15, 0.2) is 42.5 Å². The smallest absolute Gasteiger partial charge is 0.248 e. The van der Waals surface area contributed by atoms with E-state index in [1.807, 2.05) is 0 Å². The van der Waals surface area contributed by atoms with Gasteiger partial charge in [-0.05, 0) is 43.7 Å². The molecule has 0 radical (unpaired) electrons. The van der Waals surface area contributed by atoms with Crippen molar-refractivity contribution < 1.29 is 22.7 Å². The Bertz CT molecular complexity index is 1020. The summed E-state index contributed by atoms with van der Waals surface area (Å²) >= 11 is 6.15. The first-order valence-electron chi connectivity index (χ1n) is 8.83. The number of nitrogens with zero attached hydrogens (tertiary/aromatic N) is 1. The third-order valence-corrected chi connectivity index (χ3v) is 5.73. The molecule has 0 saturated carbocycles. The molecule has 0 aliphatic rings. The molecule has 2 rings (SSSR count). The normalized spacial score (nSPS) is 12.2. The number of carbonyl (C=O) groups excluding carboxylic acids is 2. The molecule has 0 spiro atoms. The Balaban J connectivity index is 2.41. The highest BCUT2D eigenvalue weighted by Crippen LogP contribution is 2.32. The summed E-state index contributed by atoms with van der Waals surface area (Å²) in [5, 5.41) is 2.92. The third-order valence-electron chi connectivity index (χ3n) is 4.26. The summed E-state index contributed by atoms with van der Waals surface area (Å²) < 4.78 is 31.2. The van der Waals surface area contributed by atoms with E-state index in [2.05, 4.69) is 5.32 Å². The van der Waals surface area contributed by atoms with Gasteiger partial charge in [-0.1, -0.05) is 30.7 Å². The highest BCUT2D eigenvalue weighted by molar-refractivity contribution is 7.92. The predicted molar refractivity (Wildman–Crippen MR) is 114 cm³/mol. The maximum Gasteiger partial charge on any atom is 0.248 e. The number of rotatable bonds is 8.